The predicted molar refractivity (Wildman–Crippen MR) is 114 cm³/mol. The van der Waals surface area contributed by atoms with E-state index in [0.717, 1.165) is 25.9 Å². The van der Waals surface area contributed by atoms with Crippen molar-refractivity contribution in [2.75, 3.05) is 32.8 Å². The second kappa shape index (κ2) is 14.3. The van der Waals surface area contributed by atoms with Gasteiger partial charge < -0.3 is 30.1 Å². The third-order valence-corrected chi connectivity index (χ3v) is 6.14. The summed E-state index contributed by atoms with van der Waals surface area (Å²) in [5.74, 6) is 0.119. The monoisotopic (exact) mass is 430 g/mol. The molecule has 5 atom stereocenters. The Bertz CT molecular complexity index is 481. The summed E-state index contributed by atoms with van der Waals surface area (Å²) >= 11 is 0. The lowest BCUT2D eigenvalue weighted by molar-refractivity contribution is -0.170. The zero-order chi connectivity index (χ0) is 21.8. The first-order valence-corrected chi connectivity index (χ1v) is 11.8. The van der Waals surface area contributed by atoms with E-state index in [0.29, 0.717) is 19.6 Å². The van der Waals surface area contributed by atoms with Gasteiger partial charge in [0.2, 0.25) is 5.91 Å². The van der Waals surface area contributed by atoms with Gasteiger partial charge in [-0.05, 0) is 12.8 Å². The van der Waals surface area contributed by atoms with Gasteiger partial charge in [-0.1, -0.05) is 58.3 Å². The molecule has 176 valence electrons. The summed E-state index contributed by atoms with van der Waals surface area (Å²) in [6.07, 6.45) is 7.60. The number of carbonyl (C=O) groups is 1. The number of nitrogens with one attached hydrogen (secondary N) is 1. The molecule has 0 aromatic heterocycles. The lowest BCUT2D eigenvalue weighted by Crippen LogP contribution is -2.55. The lowest BCUT2D eigenvalue weighted by atomic mass is 10.0. The van der Waals surface area contributed by atoms with Gasteiger partial charge in [0, 0.05) is 19.6 Å². The molecule has 2 aliphatic rings. The van der Waals surface area contributed by atoms with Crippen LogP contribution in [0.2, 0.25) is 0 Å². The fraction of sp³-hybridized carbons (Fsp3) is 0.955. The molecule has 2 saturated heterocycles. The number of aliphatic hydroxyl groups is 3. The molecule has 8 nitrogen and oxygen atoms in total. The van der Waals surface area contributed by atoms with E-state index in [2.05, 4.69) is 17.1 Å². The number of ether oxygens (including phenoxy) is 2. The summed E-state index contributed by atoms with van der Waals surface area (Å²) in [5, 5.41) is 31.8. The molecule has 0 aromatic carbocycles. The van der Waals surface area contributed by atoms with E-state index in [1.807, 2.05) is 0 Å². The lowest BCUT2D eigenvalue weighted by Gasteiger charge is -2.35. The van der Waals surface area contributed by atoms with E-state index < -0.39 is 24.6 Å². The Morgan fingerprint density at radius 3 is 2.43 bits per heavy atom. The van der Waals surface area contributed by atoms with Crippen LogP contribution in [0.1, 0.15) is 71.1 Å². The molecule has 30 heavy (non-hydrogen) atoms. The average Bonchev–Trinajstić information content (AvgIpc) is 3.02. The van der Waals surface area contributed by atoms with Crippen LogP contribution in [0.3, 0.4) is 0 Å². The number of carbonyl (C=O) groups excluding carboxylic acids is 1. The Balaban J connectivity index is 1.62. The van der Waals surface area contributed by atoms with Crippen molar-refractivity contribution in [3.63, 3.8) is 0 Å². The van der Waals surface area contributed by atoms with Crippen molar-refractivity contribution in [2.45, 2.75) is 102 Å². The van der Waals surface area contributed by atoms with Gasteiger partial charge in [-0.15, -0.1) is 0 Å². The highest BCUT2D eigenvalue weighted by Gasteiger charge is 2.43. The zero-order valence-electron chi connectivity index (χ0n) is 18.5. The molecule has 2 aliphatic heterocycles. The second-order valence-electron chi connectivity index (χ2n) is 8.54. The number of hydrogen-bond donors (Lipinski definition) is 4. The van der Waals surface area contributed by atoms with Gasteiger partial charge >= 0.3 is 0 Å². The molecule has 0 radical (unpaired) electrons. The van der Waals surface area contributed by atoms with Crippen LogP contribution in [0.5, 0.6) is 0 Å². The van der Waals surface area contributed by atoms with Crippen molar-refractivity contribution in [1.29, 1.82) is 0 Å². The maximum atomic E-state index is 12.3. The van der Waals surface area contributed by atoms with Gasteiger partial charge in [-0.25, -0.2) is 0 Å². The van der Waals surface area contributed by atoms with Gasteiger partial charge in [-0.3, -0.25) is 9.69 Å². The number of piperazine rings is 1. The standard InChI is InChI=1S/C22H42N2O6/c1-2-3-4-5-6-7-8-9-11-17-21(28)23-12-14-24(17)13-10-15-29-22-20(27)19(26)18(16-25)30-22/h17-20,22,25-27H,2-16H2,1H3,(H,23,28)/t17?,18-,19-,20-,22-/m1/s1. The first kappa shape index (κ1) is 25.5. The molecule has 0 aliphatic carbocycles. The summed E-state index contributed by atoms with van der Waals surface area (Å²) in [6, 6.07) is -0.0762. The van der Waals surface area contributed by atoms with Gasteiger partial charge in [0.25, 0.3) is 0 Å². The Hall–Kier alpha value is -0.770. The maximum absolute atomic E-state index is 12.3. The van der Waals surface area contributed by atoms with Crippen molar-refractivity contribution in [3.05, 3.63) is 0 Å². The highest BCUT2D eigenvalue weighted by Crippen LogP contribution is 2.22. The molecule has 8 heteroatoms. The quantitative estimate of drug-likeness (QED) is 0.289. The van der Waals surface area contributed by atoms with E-state index in [1.54, 1.807) is 0 Å². The van der Waals surface area contributed by atoms with Crippen molar-refractivity contribution in [1.82, 2.24) is 10.2 Å². The molecule has 1 amide bonds. The third-order valence-electron chi connectivity index (χ3n) is 6.14. The minimum absolute atomic E-state index is 0.0762. The normalized spacial score (nSPS) is 30.0. The fourth-order valence-corrected chi connectivity index (χ4v) is 4.29. The van der Waals surface area contributed by atoms with Gasteiger partial charge in [-0.2, -0.15) is 0 Å². The number of hydrogen-bond acceptors (Lipinski definition) is 7. The van der Waals surface area contributed by atoms with E-state index in [9.17, 15) is 15.0 Å². The van der Waals surface area contributed by atoms with Crippen LogP contribution in [0.15, 0.2) is 0 Å². The van der Waals surface area contributed by atoms with Crippen LogP contribution < -0.4 is 5.32 Å². The van der Waals surface area contributed by atoms with Crippen LogP contribution in [0, 0.1) is 0 Å². The topological polar surface area (TPSA) is 111 Å². The van der Waals surface area contributed by atoms with E-state index in [4.69, 9.17) is 14.6 Å². The van der Waals surface area contributed by atoms with Crippen LogP contribution in [-0.4, -0.2) is 89.6 Å². The summed E-state index contributed by atoms with van der Waals surface area (Å²) in [7, 11) is 0. The van der Waals surface area contributed by atoms with Gasteiger partial charge in [0.1, 0.15) is 18.3 Å². The smallest absolute Gasteiger partial charge is 0.237 e. The van der Waals surface area contributed by atoms with Crippen molar-refractivity contribution < 1.29 is 29.6 Å². The minimum Gasteiger partial charge on any atom is -0.394 e. The molecule has 0 spiro atoms. The number of nitrogens with zero attached hydrogens (tertiary/aromatic N) is 1. The zero-order valence-corrected chi connectivity index (χ0v) is 18.5. The molecule has 0 bridgehead atoms. The highest BCUT2D eigenvalue weighted by molar-refractivity contribution is 5.82. The number of aliphatic hydroxyl groups excluding tert-OH is 3. The van der Waals surface area contributed by atoms with E-state index >= 15 is 0 Å². The largest absolute Gasteiger partial charge is 0.394 e. The highest BCUT2D eigenvalue weighted by atomic mass is 16.7. The first-order valence-electron chi connectivity index (χ1n) is 11.8. The first-order chi connectivity index (χ1) is 14.6. The Labute approximate surface area is 180 Å². The Morgan fingerprint density at radius 1 is 1.07 bits per heavy atom. The van der Waals surface area contributed by atoms with Crippen molar-refractivity contribution >= 4 is 5.91 Å². The Morgan fingerprint density at radius 2 is 1.77 bits per heavy atom. The van der Waals surface area contributed by atoms with Crippen LogP contribution in [0.25, 0.3) is 0 Å². The minimum atomic E-state index is -1.15. The van der Waals surface area contributed by atoms with Crippen molar-refractivity contribution in [3.8, 4) is 0 Å². The number of amides is 1. The molecule has 4 N–H and O–H groups in total. The molecule has 2 heterocycles. The van der Waals surface area contributed by atoms with Crippen molar-refractivity contribution in [2.24, 2.45) is 0 Å². The summed E-state index contributed by atoms with van der Waals surface area (Å²) < 4.78 is 10.9. The summed E-state index contributed by atoms with van der Waals surface area (Å²) in [5.41, 5.74) is 0. The molecule has 2 rings (SSSR count). The van der Waals surface area contributed by atoms with Gasteiger partial charge in [0.05, 0.1) is 19.3 Å². The average molecular weight is 431 g/mol. The number of unbranched alkanes of at least 4 members (excludes halogenated alkanes) is 7. The van der Waals surface area contributed by atoms with Gasteiger partial charge in [0.15, 0.2) is 6.29 Å². The fourth-order valence-electron chi connectivity index (χ4n) is 4.29. The molecule has 0 saturated carbocycles. The molecule has 2 fully saturated rings. The summed E-state index contributed by atoms with van der Waals surface area (Å²) in [6.45, 7) is 4.47. The SMILES string of the molecule is CCCCCCCCCCC1C(=O)NCCN1CCCO[C@@H]1O[C@H](CO)[C@@H](O)[C@H]1O. The maximum Gasteiger partial charge on any atom is 0.237 e. The van der Waals surface area contributed by atoms with E-state index in [1.165, 1.54) is 44.9 Å². The third kappa shape index (κ3) is 8.05. The van der Waals surface area contributed by atoms with Crippen LogP contribution in [-0.2, 0) is 14.3 Å². The predicted octanol–water partition coefficient (Wildman–Crippen LogP) is 1.16. The molecule has 1 unspecified atom stereocenters. The summed E-state index contributed by atoms with van der Waals surface area (Å²) in [4.78, 5) is 14.6. The molecular formula is C22H42N2O6. The van der Waals surface area contributed by atoms with E-state index in [-0.39, 0.29) is 18.6 Å². The second-order valence-corrected chi connectivity index (χ2v) is 8.54. The number of rotatable bonds is 15. The molecule has 0 aromatic rings. The van der Waals surface area contributed by atoms with Crippen LogP contribution >= 0.6 is 0 Å². The Kier molecular flexibility index (Phi) is 12.2. The molecular weight excluding hydrogens is 388 g/mol. The van der Waals surface area contributed by atoms with Crippen LogP contribution in [0.4, 0.5) is 0 Å².